The summed E-state index contributed by atoms with van der Waals surface area (Å²) in [4.78, 5) is 0. The van der Waals surface area contributed by atoms with Gasteiger partial charge >= 0.3 is 0 Å². The van der Waals surface area contributed by atoms with E-state index in [1.54, 1.807) is 0 Å². The van der Waals surface area contributed by atoms with Gasteiger partial charge in [0.25, 0.3) is 0 Å². The van der Waals surface area contributed by atoms with Crippen LogP contribution >= 0.6 is 12.6 Å². The molecule has 3 rings (SSSR count). The highest BCUT2D eigenvalue weighted by atomic mass is 32.1. The van der Waals surface area contributed by atoms with E-state index < -0.39 is 0 Å². The first-order chi connectivity index (χ1) is 6.70. The molecule has 2 heteroatoms. The quantitative estimate of drug-likeness (QED) is 0.674. The van der Waals surface area contributed by atoms with Crippen LogP contribution in [0.4, 0.5) is 0 Å². The Hall–Kier alpha value is 0.310. The molecule has 0 aromatic rings. The highest BCUT2D eigenvalue weighted by molar-refractivity contribution is 7.81. The minimum Gasteiger partial charge on any atom is -0.388 e. The second-order valence-corrected chi connectivity index (χ2v) is 6.28. The molecule has 0 amide bonds. The van der Waals surface area contributed by atoms with Crippen molar-refractivity contribution >= 4 is 12.6 Å². The lowest BCUT2D eigenvalue weighted by atomic mass is 9.76. The van der Waals surface area contributed by atoms with Crippen molar-refractivity contribution in [2.45, 2.75) is 55.8 Å². The number of aliphatic hydroxyl groups is 1. The molecule has 1 N–H and O–H groups in total. The Bertz CT molecular complexity index is 230. The van der Waals surface area contributed by atoms with E-state index in [1.807, 2.05) is 0 Å². The van der Waals surface area contributed by atoms with Gasteiger partial charge in [-0.3, -0.25) is 0 Å². The second-order valence-electron chi connectivity index (χ2n) is 5.66. The molecule has 80 valence electrons. The minimum absolute atomic E-state index is 0.282. The van der Waals surface area contributed by atoms with E-state index in [1.165, 1.54) is 38.5 Å². The molecule has 0 aromatic heterocycles. The second kappa shape index (κ2) is 3.15. The predicted molar refractivity (Wildman–Crippen MR) is 60.5 cm³/mol. The number of rotatable bonds is 2. The monoisotopic (exact) mass is 212 g/mol. The Kier molecular flexibility index (Phi) is 2.14. The molecule has 3 saturated carbocycles. The van der Waals surface area contributed by atoms with E-state index in [4.69, 9.17) is 0 Å². The summed E-state index contributed by atoms with van der Waals surface area (Å²) in [5.41, 5.74) is -0.363. The lowest BCUT2D eigenvalue weighted by Gasteiger charge is -2.32. The number of thiol groups is 1. The van der Waals surface area contributed by atoms with Crippen molar-refractivity contribution in [2.75, 3.05) is 0 Å². The Labute approximate surface area is 91.7 Å². The maximum atomic E-state index is 10.2. The molecule has 1 nitrogen and oxygen atoms in total. The van der Waals surface area contributed by atoms with Gasteiger partial charge in [-0.1, -0.05) is 0 Å². The Morgan fingerprint density at radius 1 is 0.929 bits per heavy atom. The van der Waals surface area contributed by atoms with Crippen molar-refractivity contribution < 1.29 is 5.11 Å². The van der Waals surface area contributed by atoms with Crippen LogP contribution < -0.4 is 0 Å². The molecule has 0 aromatic carbocycles. The summed E-state index contributed by atoms with van der Waals surface area (Å²) in [6.45, 7) is 0. The zero-order valence-electron chi connectivity index (χ0n) is 8.65. The standard InChI is InChI=1S/C12H20OS/c13-12(7-11(12)14)10-5-3-9(4-6-10)8-1-2-8/h8-11,13-14H,1-7H2/t9?,10?,11-,12+/m0/s1. The predicted octanol–water partition coefficient (Wildman–Crippen LogP) is 2.64. The third kappa shape index (κ3) is 1.51. The molecule has 0 spiro atoms. The SMILES string of the molecule is O[C@@]1(C2CCC(C3CC3)CC2)C[C@@H]1S. The Balaban J connectivity index is 1.55. The molecule has 0 saturated heterocycles. The third-order valence-electron chi connectivity index (χ3n) is 4.70. The van der Waals surface area contributed by atoms with E-state index in [2.05, 4.69) is 12.6 Å². The maximum absolute atomic E-state index is 10.2. The van der Waals surface area contributed by atoms with Gasteiger partial charge in [0.1, 0.15) is 0 Å². The zero-order valence-corrected chi connectivity index (χ0v) is 9.55. The van der Waals surface area contributed by atoms with E-state index >= 15 is 0 Å². The molecule has 0 radical (unpaired) electrons. The molecule has 3 aliphatic carbocycles. The summed E-state index contributed by atoms with van der Waals surface area (Å²) in [5, 5.41) is 10.5. The van der Waals surface area contributed by atoms with E-state index in [-0.39, 0.29) is 10.9 Å². The van der Waals surface area contributed by atoms with Gasteiger partial charge < -0.3 is 5.11 Å². The van der Waals surface area contributed by atoms with Gasteiger partial charge in [-0.2, -0.15) is 12.6 Å². The summed E-state index contributed by atoms with van der Waals surface area (Å²) in [6.07, 6.45) is 9.16. The fourth-order valence-corrected chi connectivity index (χ4v) is 3.85. The fourth-order valence-electron chi connectivity index (χ4n) is 3.35. The van der Waals surface area contributed by atoms with Gasteiger partial charge in [0.2, 0.25) is 0 Å². The van der Waals surface area contributed by atoms with E-state index in [0.29, 0.717) is 5.92 Å². The summed E-state index contributed by atoms with van der Waals surface area (Å²) < 4.78 is 0. The van der Waals surface area contributed by atoms with Crippen LogP contribution in [0.3, 0.4) is 0 Å². The molecule has 14 heavy (non-hydrogen) atoms. The third-order valence-corrected chi connectivity index (χ3v) is 5.33. The van der Waals surface area contributed by atoms with E-state index in [0.717, 1.165) is 18.3 Å². The van der Waals surface area contributed by atoms with Crippen LogP contribution in [0.5, 0.6) is 0 Å². The summed E-state index contributed by atoms with van der Waals surface area (Å²) in [5.74, 6) is 2.64. The van der Waals surface area contributed by atoms with Crippen molar-refractivity contribution in [1.29, 1.82) is 0 Å². The molecule has 0 unspecified atom stereocenters. The number of hydrogen-bond donors (Lipinski definition) is 2. The van der Waals surface area contributed by atoms with Crippen molar-refractivity contribution in [3.05, 3.63) is 0 Å². The minimum atomic E-state index is -0.363. The van der Waals surface area contributed by atoms with Crippen LogP contribution in [0.15, 0.2) is 0 Å². The molecular formula is C12H20OS. The highest BCUT2D eigenvalue weighted by Crippen LogP contribution is 2.54. The van der Waals surface area contributed by atoms with Gasteiger partial charge in [0.15, 0.2) is 0 Å². The first kappa shape index (κ1) is 9.53. The van der Waals surface area contributed by atoms with Gasteiger partial charge in [0.05, 0.1) is 5.60 Å². The van der Waals surface area contributed by atoms with Crippen LogP contribution in [0, 0.1) is 17.8 Å². The van der Waals surface area contributed by atoms with Crippen molar-refractivity contribution in [3.63, 3.8) is 0 Å². The van der Waals surface area contributed by atoms with E-state index in [9.17, 15) is 5.11 Å². The van der Waals surface area contributed by atoms with Crippen LogP contribution in [-0.2, 0) is 0 Å². The van der Waals surface area contributed by atoms with Gasteiger partial charge in [-0.25, -0.2) is 0 Å². The van der Waals surface area contributed by atoms with Crippen LogP contribution in [0.2, 0.25) is 0 Å². The molecule has 0 heterocycles. The van der Waals surface area contributed by atoms with Crippen molar-refractivity contribution in [2.24, 2.45) is 17.8 Å². The number of hydrogen-bond acceptors (Lipinski definition) is 2. The topological polar surface area (TPSA) is 20.2 Å². The zero-order chi connectivity index (χ0) is 9.76. The molecule has 3 fully saturated rings. The summed E-state index contributed by atoms with van der Waals surface area (Å²) >= 11 is 4.39. The molecular weight excluding hydrogens is 192 g/mol. The van der Waals surface area contributed by atoms with Crippen molar-refractivity contribution in [1.82, 2.24) is 0 Å². The Morgan fingerprint density at radius 3 is 1.71 bits per heavy atom. The normalized spacial score (nSPS) is 53.1. The van der Waals surface area contributed by atoms with Crippen LogP contribution in [0.25, 0.3) is 0 Å². The van der Waals surface area contributed by atoms with Crippen LogP contribution in [0.1, 0.15) is 44.9 Å². The van der Waals surface area contributed by atoms with Crippen molar-refractivity contribution in [3.8, 4) is 0 Å². The van der Waals surface area contributed by atoms with Gasteiger partial charge in [-0.15, -0.1) is 0 Å². The maximum Gasteiger partial charge on any atom is 0.0803 e. The fraction of sp³-hybridized carbons (Fsp3) is 1.00. The first-order valence-corrected chi connectivity index (χ1v) is 6.62. The average Bonchev–Trinajstić information content (AvgIpc) is 3.06. The highest BCUT2D eigenvalue weighted by Gasteiger charge is 2.56. The lowest BCUT2D eigenvalue weighted by molar-refractivity contribution is 0.0503. The molecule has 0 aliphatic heterocycles. The summed E-state index contributed by atoms with van der Waals surface area (Å²) in [7, 11) is 0. The molecule has 3 aliphatic rings. The Morgan fingerprint density at radius 2 is 1.36 bits per heavy atom. The largest absolute Gasteiger partial charge is 0.388 e. The molecule has 0 bridgehead atoms. The average molecular weight is 212 g/mol. The van der Waals surface area contributed by atoms with Crippen LogP contribution in [-0.4, -0.2) is 16.0 Å². The van der Waals surface area contributed by atoms with Gasteiger partial charge in [0, 0.05) is 5.25 Å². The summed E-state index contributed by atoms with van der Waals surface area (Å²) in [6, 6.07) is 0. The van der Waals surface area contributed by atoms with Gasteiger partial charge in [-0.05, 0) is 62.7 Å². The lowest BCUT2D eigenvalue weighted by Crippen LogP contribution is -2.29. The smallest absolute Gasteiger partial charge is 0.0803 e. The molecule has 2 atom stereocenters. The first-order valence-electron chi connectivity index (χ1n) is 6.10.